The Kier molecular flexibility index (Phi) is 5.71. The van der Waals surface area contributed by atoms with Gasteiger partial charge in [0.2, 0.25) is 15.8 Å². The molecule has 2 aromatic rings. The molecule has 0 saturated carbocycles. The van der Waals surface area contributed by atoms with Gasteiger partial charge in [-0.2, -0.15) is 17.5 Å². The van der Waals surface area contributed by atoms with Crippen LogP contribution in [0.1, 0.15) is 24.7 Å². The Morgan fingerprint density at radius 1 is 1.24 bits per heavy atom. The zero-order valence-electron chi connectivity index (χ0n) is 15.5. The standard InChI is InChI=1S/C16H18ClF3N4O4S/c1-22-14(16(18,19)20)21-24(15(22)25)10-5-7-23(8-6-10)29(26,27)11-3-4-13(28-2)12(17)9-11/h3-4,9-10H,5-8H2,1-2H3. The summed E-state index contributed by atoms with van der Waals surface area (Å²) in [4.78, 5) is 12.1. The van der Waals surface area contributed by atoms with Crippen molar-refractivity contribution in [3.63, 3.8) is 0 Å². The Morgan fingerprint density at radius 2 is 1.86 bits per heavy atom. The second kappa shape index (κ2) is 7.65. The maximum absolute atomic E-state index is 13.0. The van der Waals surface area contributed by atoms with Crippen LogP contribution in [0.5, 0.6) is 5.75 Å². The molecule has 2 heterocycles. The fourth-order valence-electron chi connectivity index (χ4n) is 3.22. The molecule has 1 aromatic carbocycles. The van der Waals surface area contributed by atoms with Crippen molar-refractivity contribution >= 4 is 21.6 Å². The number of rotatable bonds is 4. The number of hydrogen-bond acceptors (Lipinski definition) is 5. The van der Waals surface area contributed by atoms with Crippen molar-refractivity contribution in [2.75, 3.05) is 20.2 Å². The first-order chi connectivity index (χ1) is 13.5. The highest BCUT2D eigenvalue weighted by Gasteiger charge is 2.39. The fourth-order valence-corrected chi connectivity index (χ4v) is 5.04. The van der Waals surface area contributed by atoms with Crippen LogP contribution >= 0.6 is 11.6 Å². The van der Waals surface area contributed by atoms with Crippen LogP contribution < -0.4 is 10.4 Å². The molecule has 3 rings (SSSR count). The van der Waals surface area contributed by atoms with Crippen LogP contribution in [0.3, 0.4) is 0 Å². The lowest BCUT2D eigenvalue weighted by Gasteiger charge is -2.30. The van der Waals surface area contributed by atoms with Gasteiger partial charge in [-0.15, -0.1) is 5.10 Å². The Hall–Kier alpha value is -2.05. The number of nitrogens with zero attached hydrogens (tertiary/aromatic N) is 4. The molecule has 1 aromatic heterocycles. The summed E-state index contributed by atoms with van der Waals surface area (Å²) in [6, 6.07) is 3.45. The molecule has 1 saturated heterocycles. The maximum Gasteiger partial charge on any atom is 0.451 e. The third-order valence-electron chi connectivity index (χ3n) is 4.79. The molecule has 0 aliphatic carbocycles. The summed E-state index contributed by atoms with van der Waals surface area (Å²) < 4.78 is 72.0. The van der Waals surface area contributed by atoms with Crippen molar-refractivity contribution in [1.29, 1.82) is 0 Å². The van der Waals surface area contributed by atoms with Gasteiger partial charge >= 0.3 is 11.9 Å². The average molecular weight is 455 g/mol. The van der Waals surface area contributed by atoms with E-state index in [-0.39, 0.29) is 35.8 Å². The summed E-state index contributed by atoms with van der Waals surface area (Å²) in [6.07, 6.45) is -4.45. The van der Waals surface area contributed by atoms with Gasteiger partial charge in [-0.1, -0.05) is 11.6 Å². The molecule has 160 valence electrons. The first-order valence-electron chi connectivity index (χ1n) is 8.53. The summed E-state index contributed by atoms with van der Waals surface area (Å²) in [5.74, 6) is -0.954. The third kappa shape index (κ3) is 4.01. The highest BCUT2D eigenvalue weighted by atomic mass is 35.5. The number of piperidine rings is 1. The Morgan fingerprint density at radius 3 is 2.34 bits per heavy atom. The molecule has 0 amide bonds. The first-order valence-corrected chi connectivity index (χ1v) is 10.3. The minimum atomic E-state index is -4.75. The normalized spacial score (nSPS) is 16.9. The first kappa shape index (κ1) is 21.7. The number of hydrogen-bond donors (Lipinski definition) is 0. The van der Waals surface area contributed by atoms with Crippen molar-refractivity contribution in [3.8, 4) is 5.75 Å². The van der Waals surface area contributed by atoms with E-state index in [4.69, 9.17) is 16.3 Å². The van der Waals surface area contributed by atoms with E-state index >= 15 is 0 Å². The zero-order chi connectivity index (χ0) is 21.6. The molecule has 1 aliphatic rings. The summed E-state index contributed by atoms with van der Waals surface area (Å²) in [5, 5.41) is 3.56. The molecular weight excluding hydrogens is 437 g/mol. The lowest BCUT2D eigenvalue weighted by Crippen LogP contribution is -2.41. The van der Waals surface area contributed by atoms with Crippen molar-refractivity contribution in [3.05, 3.63) is 39.5 Å². The van der Waals surface area contributed by atoms with E-state index in [9.17, 15) is 26.4 Å². The number of sulfonamides is 1. The molecule has 1 fully saturated rings. The topological polar surface area (TPSA) is 86.4 Å². The van der Waals surface area contributed by atoms with Crippen LogP contribution in [0.15, 0.2) is 27.9 Å². The van der Waals surface area contributed by atoms with E-state index in [0.29, 0.717) is 10.3 Å². The van der Waals surface area contributed by atoms with Crippen LogP contribution in [0.25, 0.3) is 0 Å². The van der Waals surface area contributed by atoms with Gasteiger partial charge in [0, 0.05) is 20.1 Å². The van der Waals surface area contributed by atoms with Crippen LogP contribution in [-0.4, -0.2) is 47.3 Å². The molecular formula is C16H18ClF3N4O4S. The number of aromatic nitrogens is 3. The Bertz CT molecular complexity index is 1070. The summed E-state index contributed by atoms with van der Waals surface area (Å²) in [6.45, 7) is 0.0576. The molecule has 0 unspecified atom stereocenters. The average Bonchev–Trinajstić information content (AvgIpc) is 2.97. The van der Waals surface area contributed by atoms with E-state index in [1.54, 1.807) is 0 Å². The second-order valence-electron chi connectivity index (χ2n) is 6.54. The molecule has 0 spiro atoms. The van der Waals surface area contributed by atoms with E-state index in [2.05, 4.69) is 5.10 Å². The predicted octanol–water partition coefficient (Wildman–Crippen LogP) is 2.29. The van der Waals surface area contributed by atoms with Gasteiger partial charge < -0.3 is 4.74 Å². The Labute approximate surface area is 169 Å². The van der Waals surface area contributed by atoms with Gasteiger partial charge in [-0.25, -0.2) is 17.9 Å². The Balaban J connectivity index is 1.79. The van der Waals surface area contributed by atoms with E-state index in [1.165, 1.54) is 29.6 Å². The SMILES string of the molecule is COc1ccc(S(=O)(=O)N2CCC(n3nc(C(F)(F)F)n(C)c3=O)CC2)cc1Cl. The number of benzene rings is 1. The lowest BCUT2D eigenvalue weighted by molar-refractivity contribution is -0.147. The van der Waals surface area contributed by atoms with Gasteiger partial charge in [0.05, 0.1) is 23.1 Å². The van der Waals surface area contributed by atoms with Gasteiger partial charge in [-0.05, 0) is 31.0 Å². The van der Waals surface area contributed by atoms with Crippen molar-refractivity contribution in [1.82, 2.24) is 18.7 Å². The van der Waals surface area contributed by atoms with Gasteiger partial charge in [0.1, 0.15) is 5.75 Å². The number of alkyl halides is 3. The van der Waals surface area contributed by atoms with Gasteiger partial charge in [0.15, 0.2) is 0 Å². The van der Waals surface area contributed by atoms with Gasteiger partial charge in [0.25, 0.3) is 0 Å². The minimum absolute atomic E-state index is 0.0175. The van der Waals surface area contributed by atoms with E-state index < -0.39 is 33.8 Å². The highest BCUT2D eigenvalue weighted by Crippen LogP contribution is 2.31. The molecule has 0 atom stereocenters. The van der Waals surface area contributed by atoms with Crippen molar-refractivity contribution in [2.45, 2.75) is 30.0 Å². The maximum atomic E-state index is 13.0. The third-order valence-corrected chi connectivity index (χ3v) is 6.98. The van der Waals surface area contributed by atoms with Crippen LogP contribution in [0.2, 0.25) is 5.02 Å². The summed E-state index contributed by atoms with van der Waals surface area (Å²) >= 11 is 6.00. The summed E-state index contributed by atoms with van der Waals surface area (Å²) in [5.41, 5.74) is -0.888. The van der Waals surface area contributed by atoms with Crippen molar-refractivity contribution < 1.29 is 26.3 Å². The largest absolute Gasteiger partial charge is 0.495 e. The zero-order valence-corrected chi connectivity index (χ0v) is 17.1. The molecule has 0 radical (unpaired) electrons. The number of methoxy groups -OCH3 is 1. The number of halogens is 4. The molecule has 29 heavy (non-hydrogen) atoms. The summed E-state index contributed by atoms with van der Waals surface area (Å²) in [7, 11) is -1.44. The van der Waals surface area contributed by atoms with Crippen LogP contribution in [-0.2, 0) is 23.2 Å². The van der Waals surface area contributed by atoms with Crippen LogP contribution in [0, 0.1) is 0 Å². The molecule has 1 aliphatic heterocycles. The smallest absolute Gasteiger partial charge is 0.451 e. The highest BCUT2D eigenvalue weighted by molar-refractivity contribution is 7.89. The minimum Gasteiger partial charge on any atom is -0.495 e. The second-order valence-corrected chi connectivity index (χ2v) is 8.88. The number of ether oxygens (including phenoxy) is 1. The lowest BCUT2D eigenvalue weighted by atomic mass is 10.1. The van der Waals surface area contributed by atoms with Crippen molar-refractivity contribution in [2.24, 2.45) is 7.05 Å². The predicted molar refractivity (Wildman–Crippen MR) is 97.5 cm³/mol. The van der Waals surface area contributed by atoms with E-state index in [0.717, 1.165) is 11.7 Å². The molecule has 8 nitrogen and oxygen atoms in total. The molecule has 13 heteroatoms. The van der Waals surface area contributed by atoms with Gasteiger partial charge in [-0.3, -0.25) is 4.57 Å². The molecule has 0 N–H and O–H groups in total. The fraction of sp³-hybridized carbons (Fsp3) is 0.500. The van der Waals surface area contributed by atoms with E-state index in [1.807, 2.05) is 0 Å². The monoisotopic (exact) mass is 454 g/mol. The quantitative estimate of drug-likeness (QED) is 0.707. The van der Waals surface area contributed by atoms with Crippen LogP contribution in [0.4, 0.5) is 13.2 Å². The molecule has 0 bridgehead atoms.